The van der Waals surface area contributed by atoms with Gasteiger partial charge >= 0.3 is 0 Å². The van der Waals surface area contributed by atoms with Gasteiger partial charge in [0.25, 0.3) is 5.91 Å². The molecule has 0 atom stereocenters. The Morgan fingerprint density at radius 1 is 1.33 bits per heavy atom. The second-order valence-corrected chi connectivity index (χ2v) is 4.26. The summed E-state index contributed by atoms with van der Waals surface area (Å²) in [5.41, 5.74) is 2.72. The molecule has 94 valence electrons. The molecule has 3 heteroatoms. The third-order valence-corrected chi connectivity index (χ3v) is 2.82. The van der Waals surface area contributed by atoms with Gasteiger partial charge in [0, 0.05) is 17.7 Å². The average molecular weight is 243 g/mol. The fourth-order valence-corrected chi connectivity index (χ4v) is 1.80. The molecule has 0 saturated carbocycles. The highest BCUT2D eigenvalue weighted by Crippen LogP contribution is 2.24. The SMILES string of the molecule is CCCNC(=O)c1ccc(C)c(-c2ccco2)c1. The van der Waals surface area contributed by atoms with E-state index in [1.165, 1.54) is 0 Å². The molecule has 3 nitrogen and oxygen atoms in total. The average Bonchev–Trinajstić information content (AvgIpc) is 2.90. The van der Waals surface area contributed by atoms with E-state index in [4.69, 9.17) is 4.42 Å². The quantitative estimate of drug-likeness (QED) is 0.894. The van der Waals surface area contributed by atoms with Gasteiger partial charge in [0.1, 0.15) is 5.76 Å². The van der Waals surface area contributed by atoms with Gasteiger partial charge in [-0.05, 0) is 43.2 Å². The Hall–Kier alpha value is -2.03. The number of amides is 1. The number of rotatable bonds is 4. The number of nitrogens with one attached hydrogen (secondary N) is 1. The second kappa shape index (κ2) is 5.54. The molecule has 0 radical (unpaired) electrons. The van der Waals surface area contributed by atoms with E-state index in [0.29, 0.717) is 12.1 Å². The fraction of sp³-hybridized carbons (Fsp3) is 0.267. The molecule has 1 aromatic carbocycles. The maximum absolute atomic E-state index is 11.9. The molecule has 1 aromatic heterocycles. The highest BCUT2D eigenvalue weighted by molar-refractivity contribution is 5.95. The zero-order chi connectivity index (χ0) is 13.0. The molecule has 1 heterocycles. The first-order chi connectivity index (χ1) is 8.72. The summed E-state index contributed by atoms with van der Waals surface area (Å²) in [6, 6.07) is 9.40. The van der Waals surface area contributed by atoms with Crippen molar-refractivity contribution in [3.63, 3.8) is 0 Å². The predicted octanol–water partition coefficient (Wildman–Crippen LogP) is 3.39. The van der Waals surface area contributed by atoms with Gasteiger partial charge in [-0.15, -0.1) is 0 Å². The van der Waals surface area contributed by atoms with E-state index in [1.807, 2.05) is 44.2 Å². The molecule has 0 aliphatic rings. The van der Waals surface area contributed by atoms with E-state index >= 15 is 0 Å². The maximum atomic E-state index is 11.9. The molecule has 2 aromatic rings. The van der Waals surface area contributed by atoms with Crippen LogP contribution in [-0.2, 0) is 0 Å². The lowest BCUT2D eigenvalue weighted by atomic mass is 10.0. The third-order valence-electron chi connectivity index (χ3n) is 2.82. The molecule has 0 bridgehead atoms. The summed E-state index contributed by atoms with van der Waals surface area (Å²) in [5.74, 6) is 0.752. The van der Waals surface area contributed by atoms with Crippen LogP contribution >= 0.6 is 0 Å². The summed E-state index contributed by atoms with van der Waals surface area (Å²) in [5, 5.41) is 2.87. The van der Waals surface area contributed by atoms with Crippen molar-refractivity contribution in [1.29, 1.82) is 0 Å². The van der Waals surface area contributed by atoms with E-state index in [2.05, 4.69) is 5.32 Å². The zero-order valence-corrected chi connectivity index (χ0v) is 10.7. The molecular weight excluding hydrogens is 226 g/mol. The van der Waals surface area contributed by atoms with Gasteiger partial charge in [0.2, 0.25) is 0 Å². The van der Waals surface area contributed by atoms with E-state index in [0.717, 1.165) is 23.3 Å². The zero-order valence-electron chi connectivity index (χ0n) is 10.7. The Balaban J connectivity index is 2.29. The standard InChI is InChI=1S/C15H17NO2/c1-3-8-16-15(17)12-7-6-11(2)13(10-12)14-5-4-9-18-14/h4-7,9-10H,3,8H2,1-2H3,(H,16,17). The topological polar surface area (TPSA) is 42.2 Å². The van der Waals surface area contributed by atoms with E-state index in [1.54, 1.807) is 6.26 Å². The summed E-state index contributed by atoms with van der Waals surface area (Å²) in [4.78, 5) is 11.9. The fourth-order valence-electron chi connectivity index (χ4n) is 1.80. The largest absolute Gasteiger partial charge is 0.464 e. The van der Waals surface area contributed by atoms with Gasteiger partial charge in [-0.1, -0.05) is 13.0 Å². The lowest BCUT2D eigenvalue weighted by Crippen LogP contribution is -2.23. The van der Waals surface area contributed by atoms with Crippen molar-refractivity contribution in [2.24, 2.45) is 0 Å². The monoisotopic (exact) mass is 243 g/mol. The summed E-state index contributed by atoms with van der Waals surface area (Å²) >= 11 is 0. The van der Waals surface area contributed by atoms with Crippen LogP contribution in [0.5, 0.6) is 0 Å². The first-order valence-electron chi connectivity index (χ1n) is 6.15. The summed E-state index contributed by atoms with van der Waals surface area (Å²) in [6.45, 7) is 4.73. The van der Waals surface area contributed by atoms with Crippen molar-refractivity contribution in [2.45, 2.75) is 20.3 Å². The highest BCUT2D eigenvalue weighted by atomic mass is 16.3. The van der Waals surface area contributed by atoms with Crippen molar-refractivity contribution in [3.05, 3.63) is 47.7 Å². The molecule has 0 aliphatic carbocycles. The minimum Gasteiger partial charge on any atom is -0.464 e. The smallest absolute Gasteiger partial charge is 0.251 e. The van der Waals surface area contributed by atoms with Crippen LogP contribution in [0, 0.1) is 6.92 Å². The van der Waals surface area contributed by atoms with Crippen LogP contribution in [0.4, 0.5) is 0 Å². The number of carbonyl (C=O) groups excluding carboxylic acids is 1. The van der Waals surface area contributed by atoms with Gasteiger partial charge < -0.3 is 9.73 Å². The molecule has 0 unspecified atom stereocenters. The van der Waals surface area contributed by atoms with Gasteiger partial charge in [-0.25, -0.2) is 0 Å². The Bertz CT molecular complexity index is 529. The molecule has 2 rings (SSSR count). The van der Waals surface area contributed by atoms with Crippen LogP contribution in [0.15, 0.2) is 41.0 Å². The molecule has 1 N–H and O–H groups in total. The Labute approximate surface area is 107 Å². The lowest BCUT2D eigenvalue weighted by Gasteiger charge is -2.07. The van der Waals surface area contributed by atoms with Crippen LogP contribution in [0.2, 0.25) is 0 Å². The molecule has 1 amide bonds. The van der Waals surface area contributed by atoms with Crippen molar-refractivity contribution < 1.29 is 9.21 Å². The summed E-state index contributed by atoms with van der Waals surface area (Å²) in [6.07, 6.45) is 2.57. The van der Waals surface area contributed by atoms with Crippen LogP contribution in [0.1, 0.15) is 29.3 Å². The van der Waals surface area contributed by atoms with Gasteiger partial charge in [-0.3, -0.25) is 4.79 Å². The van der Waals surface area contributed by atoms with Crippen LogP contribution in [0.3, 0.4) is 0 Å². The van der Waals surface area contributed by atoms with Gasteiger partial charge in [-0.2, -0.15) is 0 Å². The number of benzene rings is 1. The highest BCUT2D eigenvalue weighted by Gasteiger charge is 2.10. The van der Waals surface area contributed by atoms with E-state index in [-0.39, 0.29) is 5.91 Å². The van der Waals surface area contributed by atoms with Crippen LogP contribution in [0.25, 0.3) is 11.3 Å². The second-order valence-electron chi connectivity index (χ2n) is 4.26. The molecular formula is C15H17NO2. The molecule has 0 fully saturated rings. The first kappa shape index (κ1) is 12.4. The molecule has 0 spiro atoms. The van der Waals surface area contributed by atoms with E-state index < -0.39 is 0 Å². The third kappa shape index (κ3) is 2.62. The number of hydrogen-bond donors (Lipinski definition) is 1. The Morgan fingerprint density at radius 3 is 2.83 bits per heavy atom. The van der Waals surface area contributed by atoms with Crippen molar-refractivity contribution in [2.75, 3.05) is 6.54 Å². The van der Waals surface area contributed by atoms with Crippen LogP contribution < -0.4 is 5.32 Å². The predicted molar refractivity (Wildman–Crippen MR) is 71.5 cm³/mol. The number of aryl methyl sites for hydroxylation is 1. The maximum Gasteiger partial charge on any atom is 0.251 e. The van der Waals surface area contributed by atoms with Gasteiger partial charge in [0.05, 0.1) is 6.26 Å². The van der Waals surface area contributed by atoms with Crippen molar-refractivity contribution in [1.82, 2.24) is 5.32 Å². The molecule has 18 heavy (non-hydrogen) atoms. The summed E-state index contributed by atoms with van der Waals surface area (Å²) in [7, 11) is 0. The Morgan fingerprint density at radius 2 is 2.17 bits per heavy atom. The molecule has 0 aliphatic heterocycles. The summed E-state index contributed by atoms with van der Waals surface area (Å²) < 4.78 is 5.38. The Kier molecular flexibility index (Phi) is 3.82. The lowest BCUT2D eigenvalue weighted by molar-refractivity contribution is 0.0953. The normalized spacial score (nSPS) is 10.3. The molecule has 0 saturated heterocycles. The minimum atomic E-state index is -0.0374. The van der Waals surface area contributed by atoms with Crippen molar-refractivity contribution in [3.8, 4) is 11.3 Å². The number of carbonyl (C=O) groups is 1. The first-order valence-corrected chi connectivity index (χ1v) is 6.15. The number of hydrogen-bond acceptors (Lipinski definition) is 2. The minimum absolute atomic E-state index is 0.0374. The van der Waals surface area contributed by atoms with Crippen molar-refractivity contribution >= 4 is 5.91 Å². The number of furan rings is 1. The van der Waals surface area contributed by atoms with Crippen LogP contribution in [-0.4, -0.2) is 12.5 Å². The van der Waals surface area contributed by atoms with E-state index in [9.17, 15) is 4.79 Å². The van der Waals surface area contributed by atoms with Gasteiger partial charge in [0.15, 0.2) is 0 Å².